The number of sulfonamides is 1. The average molecular weight is 554 g/mol. The molecule has 1 aliphatic heterocycles. The quantitative estimate of drug-likeness (QED) is 0.337. The van der Waals surface area contributed by atoms with Crippen LogP contribution in [0.5, 0.6) is 17.2 Å². The summed E-state index contributed by atoms with van der Waals surface area (Å²) in [7, 11) is -3.75. The highest BCUT2D eigenvalue weighted by molar-refractivity contribution is 7.89. The first-order chi connectivity index (χ1) is 18.9. The maximum absolute atomic E-state index is 13.6. The number of anilines is 1. The highest BCUT2D eigenvalue weighted by Gasteiger charge is 2.34. The number of pyridine rings is 1. The molecule has 1 fully saturated rings. The van der Waals surface area contributed by atoms with Gasteiger partial charge >= 0.3 is 0 Å². The van der Waals surface area contributed by atoms with E-state index in [-0.39, 0.29) is 16.8 Å². The number of nitrogens with zero attached hydrogens (tertiary/aromatic N) is 2. The molecule has 9 nitrogen and oxygen atoms in total. The van der Waals surface area contributed by atoms with Gasteiger partial charge in [-0.05, 0) is 81.6 Å². The maximum Gasteiger partial charge on any atom is 0.255 e. The van der Waals surface area contributed by atoms with Crippen LogP contribution < -0.4 is 19.5 Å². The Labute approximate surface area is 230 Å². The molecule has 2 aromatic carbocycles. The van der Waals surface area contributed by atoms with E-state index in [0.29, 0.717) is 54.9 Å². The van der Waals surface area contributed by atoms with Gasteiger partial charge in [0.25, 0.3) is 5.91 Å². The molecule has 0 saturated carbocycles. The van der Waals surface area contributed by atoms with Crippen molar-refractivity contribution in [2.45, 2.75) is 51.0 Å². The van der Waals surface area contributed by atoms with Crippen molar-refractivity contribution >= 4 is 21.6 Å². The summed E-state index contributed by atoms with van der Waals surface area (Å²) >= 11 is 0. The highest BCUT2D eigenvalue weighted by Crippen LogP contribution is 2.39. The fourth-order valence-corrected chi connectivity index (χ4v) is 6.35. The van der Waals surface area contributed by atoms with E-state index in [9.17, 15) is 13.2 Å². The van der Waals surface area contributed by atoms with Crippen LogP contribution in [-0.2, 0) is 10.0 Å². The lowest BCUT2D eigenvalue weighted by Gasteiger charge is -2.34. The Bertz CT molecular complexity index is 1340. The zero-order valence-corrected chi connectivity index (χ0v) is 23.4. The lowest BCUT2D eigenvalue weighted by molar-refractivity contribution is 0.102. The van der Waals surface area contributed by atoms with Crippen molar-refractivity contribution in [2.75, 3.05) is 31.7 Å². The first kappa shape index (κ1) is 28.4. The molecule has 1 saturated heterocycles. The molecule has 1 amide bonds. The van der Waals surface area contributed by atoms with Crippen LogP contribution in [-0.4, -0.2) is 50.0 Å². The van der Waals surface area contributed by atoms with E-state index in [2.05, 4.69) is 10.3 Å². The Morgan fingerprint density at radius 2 is 1.64 bits per heavy atom. The number of carbonyl (C=O) groups excluding carboxylic acids is 1. The van der Waals surface area contributed by atoms with Crippen molar-refractivity contribution in [1.82, 2.24) is 9.29 Å². The minimum atomic E-state index is -3.75. The van der Waals surface area contributed by atoms with E-state index >= 15 is 0 Å². The summed E-state index contributed by atoms with van der Waals surface area (Å²) in [5.41, 5.74) is 1.68. The lowest BCUT2D eigenvalue weighted by Crippen LogP contribution is -2.38. The molecule has 0 aliphatic carbocycles. The molecule has 1 aromatic heterocycles. The van der Waals surface area contributed by atoms with Gasteiger partial charge < -0.3 is 19.5 Å². The Morgan fingerprint density at radius 1 is 0.974 bits per heavy atom. The van der Waals surface area contributed by atoms with Gasteiger partial charge in [-0.1, -0.05) is 12.5 Å². The van der Waals surface area contributed by atoms with Crippen LogP contribution >= 0.6 is 0 Å². The summed E-state index contributed by atoms with van der Waals surface area (Å²) in [6.45, 7) is 7.21. The van der Waals surface area contributed by atoms with Gasteiger partial charge in [-0.25, -0.2) is 8.42 Å². The Balaban J connectivity index is 1.54. The van der Waals surface area contributed by atoms with Crippen LogP contribution in [0.2, 0.25) is 0 Å². The number of hydrogen-bond acceptors (Lipinski definition) is 7. The van der Waals surface area contributed by atoms with E-state index in [0.717, 1.165) is 24.8 Å². The summed E-state index contributed by atoms with van der Waals surface area (Å²) in [4.78, 5) is 17.5. The Kier molecular flexibility index (Phi) is 9.42. The third-order valence-electron chi connectivity index (χ3n) is 6.41. The van der Waals surface area contributed by atoms with Crippen molar-refractivity contribution in [3.05, 3.63) is 72.1 Å². The van der Waals surface area contributed by atoms with Gasteiger partial charge in [0.05, 0.1) is 30.8 Å². The van der Waals surface area contributed by atoms with E-state index in [1.807, 2.05) is 32.9 Å². The largest absolute Gasteiger partial charge is 0.490 e. The monoisotopic (exact) mass is 553 g/mol. The molecule has 1 atom stereocenters. The second kappa shape index (κ2) is 12.9. The molecular formula is C29H35N3O6S. The maximum atomic E-state index is 13.6. The van der Waals surface area contributed by atoms with Crippen LogP contribution in [0.1, 0.15) is 62.0 Å². The number of rotatable bonds is 11. The SMILES string of the molecule is CCOc1cc(C(=O)Nc2ccc(S(=O)(=O)N3CCCC[C@H]3c3cccnc3)cc2)cc(OCC)c1OCC. The van der Waals surface area contributed by atoms with Crippen molar-refractivity contribution in [2.24, 2.45) is 0 Å². The van der Waals surface area contributed by atoms with Crippen LogP contribution in [0.3, 0.4) is 0 Å². The van der Waals surface area contributed by atoms with Crippen molar-refractivity contribution < 1.29 is 27.4 Å². The Morgan fingerprint density at radius 3 is 2.23 bits per heavy atom. The van der Waals surface area contributed by atoms with Crippen molar-refractivity contribution in [1.29, 1.82) is 0 Å². The first-order valence-corrected chi connectivity index (χ1v) is 14.7. The average Bonchev–Trinajstić information content (AvgIpc) is 2.95. The molecular weight excluding hydrogens is 518 g/mol. The summed E-state index contributed by atoms with van der Waals surface area (Å²) < 4.78 is 45.9. The number of piperidine rings is 1. The standard InChI is InChI=1S/C29H35N3O6S/c1-4-36-26-18-22(19-27(37-5-2)28(26)38-6-3)29(33)31-23-12-14-24(15-13-23)39(34,35)32-17-8-7-11-25(32)21-10-9-16-30-20-21/h9-10,12-16,18-20,25H,4-8,11,17H2,1-3H3,(H,31,33)/t25-/m0/s1. The lowest BCUT2D eigenvalue weighted by atomic mass is 9.99. The van der Waals surface area contributed by atoms with Crippen LogP contribution in [0.25, 0.3) is 0 Å². The molecule has 0 unspecified atom stereocenters. The predicted molar refractivity (Wildman–Crippen MR) is 149 cm³/mol. The van der Waals surface area contributed by atoms with Gasteiger partial charge in [0.1, 0.15) is 0 Å². The number of benzene rings is 2. The van der Waals surface area contributed by atoms with Crippen molar-refractivity contribution in [3.8, 4) is 17.2 Å². The first-order valence-electron chi connectivity index (χ1n) is 13.3. The summed E-state index contributed by atoms with van der Waals surface area (Å²) in [5.74, 6) is 0.904. The third-order valence-corrected chi connectivity index (χ3v) is 8.34. The third kappa shape index (κ3) is 6.51. The van der Waals surface area contributed by atoms with Gasteiger partial charge in [-0.3, -0.25) is 9.78 Å². The van der Waals surface area contributed by atoms with E-state index < -0.39 is 10.0 Å². The number of ether oxygens (including phenoxy) is 3. The molecule has 2 heterocycles. The molecule has 10 heteroatoms. The number of hydrogen-bond donors (Lipinski definition) is 1. The van der Waals surface area contributed by atoms with E-state index in [4.69, 9.17) is 14.2 Å². The number of aromatic nitrogens is 1. The minimum absolute atomic E-state index is 0.176. The molecule has 0 radical (unpaired) electrons. The smallest absolute Gasteiger partial charge is 0.255 e. The molecule has 0 spiro atoms. The molecule has 3 aromatic rings. The molecule has 1 aliphatic rings. The zero-order chi connectivity index (χ0) is 27.8. The predicted octanol–water partition coefficient (Wildman–Crippen LogP) is 5.45. The second-order valence-corrected chi connectivity index (χ2v) is 10.9. The minimum Gasteiger partial charge on any atom is -0.490 e. The molecule has 4 rings (SSSR count). The number of nitrogens with one attached hydrogen (secondary N) is 1. The van der Waals surface area contributed by atoms with Gasteiger partial charge in [0.15, 0.2) is 11.5 Å². The highest BCUT2D eigenvalue weighted by atomic mass is 32.2. The fraction of sp³-hybridized carbons (Fsp3) is 0.379. The van der Waals surface area contributed by atoms with Crippen molar-refractivity contribution in [3.63, 3.8) is 0 Å². The Hall–Kier alpha value is -3.63. The van der Waals surface area contributed by atoms with E-state index in [1.54, 1.807) is 41.0 Å². The number of amides is 1. The summed E-state index contributed by atoms with van der Waals surface area (Å²) in [6.07, 6.45) is 5.92. The fourth-order valence-electron chi connectivity index (χ4n) is 4.67. The van der Waals surface area contributed by atoms with Crippen LogP contribution in [0.15, 0.2) is 65.8 Å². The van der Waals surface area contributed by atoms with Crippen LogP contribution in [0.4, 0.5) is 5.69 Å². The van der Waals surface area contributed by atoms with Gasteiger partial charge in [-0.2, -0.15) is 4.31 Å². The molecule has 0 bridgehead atoms. The number of carbonyl (C=O) groups is 1. The van der Waals surface area contributed by atoms with Gasteiger partial charge in [-0.15, -0.1) is 0 Å². The normalized spacial score (nSPS) is 15.9. The zero-order valence-electron chi connectivity index (χ0n) is 22.6. The van der Waals surface area contributed by atoms with Gasteiger partial charge in [0.2, 0.25) is 15.8 Å². The second-order valence-electron chi connectivity index (χ2n) is 8.99. The summed E-state index contributed by atoms with van der Waals surface area (Å²) in [5, 5.41) is 2.83. The molecule has 39 heavy (non-hydrogen) atoms. The molecule has 208 valence electrons. The van der Waals surface area contributed by atoms with Crippen LogP contribution in [0, 0.1) is 0 Å². The van der Waals surface area contributed by atoms with E-state index in [1.165, 1.54) is 12.1 Å². The van der Waals surface area contributed by atoms with Gasteiger partial charge in [0, 0.05) is 30.2 Å². The molecule has 1 N–H and O–H groups in total. The summed E-state index contributed by atoms with van der Waals surface area (Å²) in [6, 6.07) is 12.9. The topological polar surface area (TPSA) is 107 Å².